The van der Waals surface area contributed by atoms with Crippen LogP contribution >= 0.6 is 0 Å². The number of nitrogens with zero attached hydrogens (tertiary/aromatic N) is 2. The molecule has 0 saturated heterocycles. The molecule has 0 fully saturated rings. The summed E-state index contributed by atoms with van der Waals surface area (Å²) in [6.45, 7) is 0. The molecular weight excluding hydrogens is 232 g/mol. The zero-order valence-corrected chi connectivity index (χ0v) is 9.75. The number of hydrogen-bond acceptors (Lipinski definition) is 4. The van der Waals surface area contributed by atoms with E-state index in [0.717, 1.165) is 5.56 Å². The van der Waals surface area contributed by atoms with Crippen molar-refractivity contribution in [2.24, 2.45) is 5.10 Å². The number of carbonyl (C=O) groups excluding carboxylic acids is 1. The fraction of sp³-hybridized carbons (Fsp3) is 0.0833. The zero-order valence-electron chi connectivity index (χ0n) is 9.75. The number of para-hydroxylation sites is 1. The van der Waals surface area contributed by atoms with E-state index in [1.54, 1.807) is 13.2 Å². The molecule has 92 valence electrons. The van der Waals surface area contributed by atoms with Crippen molar-refractivity contribution >= 4 is 12.1 Å². The quantitative estimate of drug-likeness (QED) is 0.626. The number of hydrogen-bond donors (Lipinski definition) is 2. The molecule has 6 heteroatoms. The van der Waals surface area contributed by atoms with Crippen molar-refractivity contribution in [3.8, 4) is 5.75 Å². The van der Waals surface area contributed by atoms with Crippen LogP contribution in [0, 0.1) is 0 Å². The molecule has 0 aliphatic rings. The first-order valence-corrected chi connectivity index (χ1v) is 5.27. The molecule has 1 heterocycles. The number of H-pyrrole nitrogens is 1. The molecule has 0 atom stereocenters. The van der Waals surface area contributed by atoms with Crippen molar-refractivity contribution in [2.75, 3.05) is 7.11 Å². The fourth-order valence-corrected chi connectivity index (χ4v) is 1.38. The first kappa shape index (κ1) is 11.8. The van der Waals surface area contributed by atoms with Gasteiger partial charge in [-0.05, 0) is 18.2 Å². The van der Waals surface area contributed by atoms with Gasteiger partial charge < -0.3 is 4.74 Å². The number of rotatable bonds is 4. The van der Waals surface area contributed by atoms with Crippen molar-refractivity contribution in [3.05, 3.63) is 47.8 Å². The highest BCUT2D eigenvalue weighted by molar-refractivity contribution is 5.93. The normalized spacial score (nSPS) is 10.5. The van der Waals surface area contributed by atoms with Gasteiger partial charge in [-0.25, -0.2) is 5.43 Å². The predicted molar refractivity (Wildman–Crippen MR) is 66.6 cm³/mol. The number of carbonyl (C=O) groups is 1. The lowest BCUT2D eigenvalue weighted by atomic mass is 10.2. The second-order valence-corrected chi connectivity index (χ2v) is 3.41. The molecule has 1 amide bonds. The fourth-order valence-electron chi connectivity index (χ4n) is 1.38. The number of ether oxygens (including phenoxy) is 1. The van der Waals surface area contributed by atoms with Crippen LogP contribution in [0.5, 0.6) is 5.75 Å². The SMILES string of the molecule is COc1ccccc1C=NNC(=O)c1ccn[nH]1. The van der Waals surface area contributed by atoms with Gasteiger partial charge in [0, 0.05) is 11.8 Å². The van der Waals surface area contributed by atoms with Gasteiger partial charge in [-0.3, -0.25) is 9.89 Å². The van der Waals surface area contributed by atoms with Crippen LogP contribution in [0.4, 0.5) is 0 Å². The Morgan fingerprint density at radius 1 is 1.44 bits per heavy atom. The number of aromatic amines is 1. The maximum Gasteiger partial charge on any atom is 0.289 e. The monoisotopic (exact) mass is 244 g/mol. The van der Waals surface area contributed by atoms with Gasteiger partial charge in [0.05, 0.1) is 13.3 Å². The van der Waals surface area contributed by atoms with Crippen LogP contribution in [-0.2, 0) is 0 Å². The summed E-state index contributed by atoms with van der Waals surface area (Å²) in [5, 5.41) is 10.1. The van der Waals surface area contributed by atoms with Crippen molar-refractivity contribution in [1.29, 1.82) is 0 Å². The minimum Gasteiger partial charge on any atom is -0.496 e. The average molecular weight is 244 g/mol. The van der Waals surface area contributed by atoms with Crippen LogP contribution in [0.15, 0.2) is 41.6 Å². The molecule has 0 radical (unpaired) electrons. The highest BCUT2D eigenvalue weighted by Crippen LogP contribution is 2.14. The number of hydrazone groups is 1. The lowest BCUT2D eigenvalue weighted by molar-refractivity contribution is 0.0950. The number of benzene rings is 1. The maximum absolute atomic E-state index is 11.5. The van der Waals surface area contributed by atoms with Crippen LogP contribution in [0.1, 0.15) is 16.1 Å². The average Bonchev–Trinajstić information content (AvgIpc) is 2.93. The summed E-state index contributed by atoms with van der Waals surface area (Å²) < 4.78 is 5.15. The largest absolute Gasteiger partial charge is 0.496 e. The lowest BCUT2D eigenvalue weighted by Crippen LogP contribution is -2.18. The molecule has 0 aliphatic heterocycles. The molecule has 1 aromatic carbocycles. The second-order valence-electron chi connectivity index (χ2n) is 3.41. The van der Waals surface area contributed by atoms with Crippen LogP contribution in [0.25, 0.3) is 0 Å². The smallest absolute Gasteiger partial charge is 0.289 e. The molecule has 2 rings (SSSR count). The number of nitrogens with one attached hydrogen (secondary N) is 2. The molecule has 1 aromatic heterocycles. The van der Waals surface area contributed by atoms with Crippen LogP contribution < -0.4 is 10.2 Å². The van der Waals surface area contributed by atoms with Crippen LogP contribution in [-0.4, -0.2) is 29.4 Å². The van der Waals surface area contributed by atoms with Gasteiger partial charge >= 0.3 is 0 Å². The summed E-state index contributed by atoms with van der Waals surface area (Å²) in [7, 11) is 1.58. The number of amides is 1. The van der Waals surface area contributed by atoms with Crippen molar-refractivity contribution in [2.45, 2.75) is 0 Å². The molecule has 2 aromatic rings. The molecule has 2 N–H and O–H groups in total. The summed E-state index contributed by atoms with van der Waals surface area (Å²) in [5.41, 5.74) is 3.52. The topological polar surface area (TPSA) is 79.4 Å². The van der Waals surface area contributed by atoms with Gasteiger partial charge in [0.25, 0.3) is 5.91 Å². The Morgan fingerprint density at radius 3 is 3.00 bits per heavy atom. The third kappa shape index (κ3) is 2.73. The van der Waals surface area contributed by atoms with E-state index in [1.807, 2.05) is 24.3 Å². The zero-order chi connectivity index (χ0) is 12.8. The summed E-state index contributed by atoms with van der Waals surface area (Å²) in [6, 6.07) is 8.94. The first-order valence-electron chi connectivity index (χ1n) is 5.27. The van der Waals surface area contributed by atoms with Gasteiger partial charge in [0.2, 0.25) is 0 Å². The van der Waals surface area contributed by atoms with Gasteiger partial charge in [-0.15, -0.1) is 0 Å². The molecule has 0 aliphatic carbocycles. The minimum atomic E-state index is -0.348. The Balaban J connectivity index is 2.01. The second kappa shape index (κ2) is 5.62. The number of aromatic nitrogens is 2. The van der Waals surface area contributed by atoms with Gasteiger partial charge in [-0.1, -0.05) is 12.1 Å². The highest BCUT2D eigenvalue weighted by atomic mass is 16.5. The van der Waals surface area contributed by atoms with Crippen molar-refractivity contribution in [1.82, 2.24) is 15.6 Å². The molecule has 18 heavy (non-hydrogen) atoms. The van der Waals surface area contributed by atoms with E-state index in [-0.39, 0.29) is 5.91 Å². The predicted octanol–water partition coefficient (Wildman–Crippen LogP) is 1.18. The Hall–Kier alpha value is -2.63. The summed E-state index contributed by atoms with van der Waals surface area (Å²) in [6.07, 6.45) is 3.02. The standard InChI is InChI=1S/C12H12N4O2/c1-18-11-5-3-2-4-9(11)8-14-16-12(17)10-6-7-13-15-10/h2-8H,1H3,(H,13,15)(H,16,17). The summed E-state index contributed by atoms with van der Waals surface area (Å²) in [5.74, 6) is 0.343. The van der Waals surface area contributed by atoms with E-state index < -0.39 is 0 Å². The Bertz CT molecular complexity index is 549. The van der Waals surface area contributed by atoms with Crippen molar-refractivity contribution < 1.29 is 9.53 Å². The maximum atomic E-state index is 11.5. The first-order chi connectivity index (χ1) is 8.81. The van der Waals surface area contributed by atoms with E-state index in [4.69, 9.17) is 4.74 Å². The molecular formula is C12H12N4O2. The Labute approximate surface area is 104 Å². The molecule has 0 bridgehead atoms. The Kier molecular flexibility index (Phi) is 3.70. The Morgan fingerprint density at radius 2 is 2.28 bits per heavy atom. The summed E-state index contributed by atoms with van der Waals surface area (Å²) in [4.78, 5) is 11.5. The third-order valence-electron chi connectivity index (χ3n) is 2.25. The molecule has 0 unspecified atom stereocenters. The summed E-state index contributed by atoms with van der Waals surface area (Å²) >= 11 is 0. The van der Waals surface area contributed by atoms with Crippen LogP contribution in [0.3, 0.4) is 0 Å². The van der Waals surface area contributed by atoms with E-state index >= 15 is 0 Å². The van der Waals surface area contributed by atoms with Crippen molar-refractivity contribution in [3.63, 3.8) is 0 Å². The third-order valence-corrected chi connectivity index (χ3v) is 2.25. The van der Waals surface area contributed by atoms with E-state index in [1.165, 1.54) is 12.4 Å². The van der Waals surface area contributed by atoms with E-state index in [0.29, 0.717) is 11.4 Å². The van der Waals surface area contributed by atoms with Gasteiger partial charge in [-0.2, -0.15) is 10.2 Å². The molecule has 0 spiro atoms. The van der Waals surface area contributed by atoms with E-state index in [2.05, 4.69) is 20.7 Å². The molecule has 0 saturated carbocycles. The van der Waals surface area contributed by atoms with Gasteiger partial charge in [0.1, 0.15) is 11.4 Å². The van der Waals surface area contributed by atoms with Gasteiger partial charge in [0.15, 0.2) is 0 Å². The highest BCUT2D eigenvalue weighted by Gasteiger charge is 2.04. The molecule has 6 nitrogen and oxygen atoms in total. The minimum absolute atomic E-state index is 0.348. The van der Waals surface area contributed by atoms with E-state index in [9.17, 15) is 4.79 Å². The number of methoxy groups -OCH3 is 1. The lowest BCUT2D eigenvalue weighted by Gasteiger charge is -2.02. The van der Waals surface area contributed by atoms with Crippen LogP contribution in [0.2, 0.25) is 0 Å².